The van der Waals surface area contributed by atoms with E-state index in [0.717, 1.165) is 77.0 Å². The molecule has 0 bridgehead atoms. The Balaban J connectivity index is 4.32. The van der Waals surface area contributed by atoms with E-state index in [1.54, 1.807) is 0 Å². The summed E-state index contributed by atoms with van der Waals surface area (Å²) in [5, 5.41) is 0. The van der Waals surface area contributed by atoms with Gasteiger partial charge >= 0.3 is 5.97 Å². The van der Waals surface area contributed by atoms with Crippen LogP contribution >= 0.6 is 7.82 Å². The minimum Gasteiger partial charge on any atom is -0.756 e. The largest absolute Gasteiger partial charge is 0.756 e. The topological polar surface area (TPSA) is 94.1 Å². The second-order valence-corrected chi connectivity index (χ2v) is 15.3. The zero-order valence-corrected chi connectivity index (χ0v) is 33.0. The van der Waals surface area contributed by atoms with E-state index in [9.17, 15) is 14.3 Å². The molecular formula is C40H74NO7P. The quantitative estimate of drug-likeness (QED) is 0.0212. The van der Waals surface area contributed by atoms with E-state index in [4.69, 9.17) is 18.5 Å². The van der Waals surface area contributed by atoms with Crippen LogP contribution in [0.4, 0.5) is 0 Å². The van der Waals surface area contributed by atoms with Crippen LogP contribution in [0.3, 0.4) is 0 Å². The molecule has 0 spiro atoms. The lowest BCUT2D eigenvalue weighted by molar-refractivity contribution is -0.870. The summed E-state index contributed by atoms with van der Waals surface area (Å²) in [7, 11) is 1.33. The van der Waals surface area contributed by atoms with Gasteiger partial charge in [-0.15, -0.1) is 0 Å². The van der Waals surface area contributed by atoms with Crippen LogP contribution in [0.5, 0.6) is 0 Å². The maximum atomic E-state index is 12.6. The highest BCUT2D eigenvalue weighted by atomic mass is 31.2. The highest BCUT2D eigenvalue weighted by molar-refractivity contribution is 7.45. The van der Waals surface area contributed by atoms with Gasteiger partial charge < -0.3 is 27.9 Å². The fraction of sp³-hybridized carbons (Fsp3) is 0.775. The van der Waals surface area contributed by atoms with Gasteiger partial charge in [-0.1, -0.05) is 120 Å². The fourth-order valence-corrected chi connectivity index (χ4v) is 5.56. The molecule has 8 nitrogen and oxygen atoms in total. The minimum absolute atomic E-state index is 0.0199. The molecule has 0 aliphatic heterocycles. The molecule has 9 heteroatoms. The molecule has 0 amide bonds. The lowest BCUT2D eigenvalue weighted by Crippen LogP contribution is -2.37. The Kier molecular flexibility index (Phi) is 32.5. The summed E-state index contributed by atoms with van der Waals surface area (Å²) in [4.78, 5) is 24.9. The van der Waals surface area contributed by atoms with Gasteiger partial charge in [0.1, 0.15) is 19.3 Å². The first-order valence-electron chi connectivity index (χ1n) is 19.4. The van der Waals surface area contributed by atoms with E-state index in [1.807, 2.05) is 21.1 Å². The van der Waals surface area contributed by atoms with Crippen molar-refractivity contribution in [2.24, 2.45) is 0 Å². The average molecular weight is 712 g/mol. The van der Waals surface area contributed by atoms with Crippen LogP contribution in [0.15, 0.2) is 48.6 Å². The summed E-state index contributed by atoms with van der Waals surface area (Å²) in [6, 6.07) is 0. The molecular weight excluding hydrogens is 637 g/mol. The molecule has 0 rings (SSSR count). The lowest BCUT2D eigenvalue weighted by atomic mass is 10.1. The Morgan fingerprint density at radius 3 is 1.80 bits per heavy atom. The van der Waals surface area contributed by atoms with Crippen molar-refractivity contribution >= 4 is 13.8 Å². The molecule has 0 heterocycles. The average Bonchev–Trinajstić information content (AvgIpc) is 3.04. The molecule has 0 radical (unpaired) electrons. The van der Waals surface area contributed by atoms with Crippen molar-refractivity contribution in [2.75, 3.05) is 54.1 Å². The molecule has 2 unspecified atom stereocenters. The first-order chi connectivity index (χ1) is 23.6. The molecule has 0 fully saturated rings. The van der Waals surface area contributed by atoms with E-state index in [0.29, 0.717) is 24.1 Å². The van der Waals surface area contributed by atoms with Gasteiger partial charge in [-0.25, -0.2) is 0 Å². The monoisotopic (exact) mass is 712 g/mol. The third-order valence-electron chi connectivity index (χ3n) is 7.86. The molecule has 2 atom stereocenters. The number of allylic oxidation sites excluding steroid dienone is 8. The molecule has 0 aliphatic carbocycles. The number of hydrogen-bond donors (Lipinski definition) is 0. The van der Waals surface area contributed by atoms with E-state index < -0.39 is 13.9 Å². The number of phosphoric ester groups is 1. The number of carbonyl (C=O) groups is 1. The van der Waals surface area contributed by atoms with Gasteiger partial charge in [-0.2, -0.15) is 0 Å². The van der Waals surface area contributed by atoms with Crippen LogP contribution in [-0.4, -0.2) is 70.7 Å². The predicted molar refractivity (Wildman–Crippen MR) is 203 cm³/mol. The van der Waals surface area contributed by atoms with Crippen molar-refractivity contribution < 1.29 is 37.3 Å². The van der Waals surface area contributed by atoms with Crippen LogP contribution in [0, 0.1) is 0 Å². The lowest BCUT2D eigenvalue weighted by Gasteiger charge is -2.28. The van der Waals surface area contributed by atoms with E-state index >= 15 is 0 Å². The minimum atomic E-state index is -4.52. The summed E-state index contributed by atoms with van der Waals surface area (Å²) in [6.45, 7) is 5.20. The molecule has 0 aromatic rings. The molecule has 0 saturated heterocycles. The van der Waals surface area contributed by atoms with Crippen LogP contribution in [0.1, 0.15) is 142 Å². The number of quaternary nitrogens is 1. The van der Waals surface area contributed by atoms with Crippen LogP contribution in [0.2, 0.25) is 0 Å². The molecule has 286 valence electrons. The number of hydrogen-bond acceptors (Lipinski definition) is 7. The van der Waals surface area contributed by atoms with Crippen molar-refractivity contribution in [3.63, 3.8) is 0 Å². The highest BCUT2D eigenvalue weighted by Crippen LogP contribution is 2.38. The third kappa shape index (κ3) is 37.5. The Hall–Kier alpha value is -1.54. The third-order valence-corrected chi connectivity index (χ3v) is 8.83. The predicted octanol–water partition coefficient (Wildman–Crippen LogP) is 10.2. The van der Waals surface area contributed by atoms with E-state index in [-0.39, 0.29) is 25.8 Å². The maximum absolute atomic E-state index is 12.6. The Bertz CT molecular complexity index is 926. The summed E-state index contributed by atoms with van der Waals surface area (Å²) < 4.78 is 34.4. The smallest absolute Gasteiger partial charge is 0.306 e. The van der Waals surface area contributed by atoms with Gasteiger partial charge in [-0.05, 0) is 64.2 Å². The number of ether oxygens (including phenoxy) is 2. The van der Waals surface area contributed by atoms with Crippen molar-refractivity contribution in [1.82, 2.24) is 0 Å². The van der Waals surface area contributed by atoms with Gasteiger partial charge in [0.25, 0.3) is 7.82 Å². The van der Waals surface area contributed by atoms with Crippen molar-refractivity contribution in [1.29, 1.82) is 0 Å². The Labute approximate surface area is 301 Å². The first-order valence-corrected chi connectivity index (χ1v) is 20.8. The normalized spacial score (nSPS) is 14.5. The van der Waals surface area contributed by atoms with Gasteiger partial charge in [0.05, 0.1) is 34.4 Å². The molecule has 0 aromatic carbocycles. The highest BCUT2D eigenvalue weighted by Gasteiger charge is 2.20. The summed E-state index contributed by atoms with van der Waals surface area (Å²) >= 11 is 0. The number of phosphoric acid groups is 1. The molecule has 0 saturated carbocycles. The second kappa shape index (κ2) is 33.6. The number of unbranched alkanes of at least 4 members (excludes halogenated alkanes) is 13. The van der Waals surface area contributed by atoms with Gasteiger partial charge in [0.2, 0.25) is 0 Å². The van der Waals surface area contributed by atoms with Crippen LogP contribution < -0.4 is 4.89 Å². The van der Waals surface area contributed by atoms with Crippen molar-refractivity contribution in [3.05, 3.63) is 48.6 Å². The summed E-state index contributed by atoms with van der Waals surface area (Å²) in [5.41, 5.74) is 0. The van der Waals surface area contributed by atoms with Crippen molar-refractivity contribution in [2.45, 2.75) is 148 Å². The van der Waals surface area contributed by atoms with Crippen LogP contribution in [0.25, 0.3) is 0 Å². The standard InChI is InChI=1S/C40H74NO7P/c1-6-8-10-12-14-16-18-19-20-21-22-24-26-28-30-32-35-45-37-39(38-47-49(43,44)46-36-34-41(3,4)5)48-40(42)33-31-29-27-25-23-17-15-13-11-9-7-2/h8,10,13-16,19-20,39H,6-7,9,11-12,17-18,21-38H2,1-5H3/b10-8-,15-13-,16-14-,20-19-. The molecule has 0 N–H and O–H groups in total. The first kappa shape index (κ1) is 47.5. The summed E-state index contributed by atoms with van der Waals surface area (Å²) in [6.07, 6.45) is 38.3. The van der Waals surface area contributed by atoms with Crippen molar-refractivity contribution in [3.8, 4) is 0 Å². The molecule has 0 aliphatic rings. The SMILES string of the molecule is CC/C=C\C/C=C\C/C=C\CCCCCCCCOCC(COP(=O)([O-])OCC[N+](C)(C)C)OC(=O)CCCCCCC/C=C\CCCC. The fourth-order valence-electron chi connectivity index (χ4n) is 4.83. The number of nitrogens with zero attached hydrogens (tertiary/aromatic N) is 1. The van der Waals surface area contributed by atoms with E-state index in [2.05, 4.69) is 62.5 Å². The maximum Gasteiger partial charge on any atom is 0.306 e. The number of esters is 1. The zero-order valence-electron chi connectivity index (χ0n) is 32.1. The Morgan fingerprint density at radius 1 is 0.653 bits per heavy atom. The number of rotatable bonds is 35. The summed E-state index contributed by atoms with van der Waals surface area (Å²) in [5.74, 6) is -0.353. The number of likely N-dealkylation sites (N-methyl/N-ethyl adjacent to an activating group) is 1. The second-order valence-electron chi connectivity index (χ2n) is 13.9. The zero-order chi connectivity index (χ0) is 36.3. The molecule has 0 aromatic heterocycles. The van der Waals surface area contributed by atoms with Crippen LogP contribution in [-0.2, 0) is 27.9 Å². The molecule has 49 heavy (non-hydrogen) atoms. The van der Waals surface area contributed by atoms with Gasteiger partial charge in [0, 0.05) is 13.0 Å². The Morgan fingerprint density at radius 2 is 1.18 bits per heavy atom. The van der Waals surface area contributed by atoms with E-state index in [1.165, 1.54) is 44.9 Å². The van der Waals surface area contributed by atoms with Gasteiger partial charge in [-0.3, -0.25) is 9.36 Å². The number of carbonyl (C=O) groups excluding carboxylic acids is 1. The van der Waals surface area contributed by atoms with Gasteiger partial charge in [0.15, 0.2) is 0 Å².